The molecule has 6 heteroatoms. The van der Waals surface area contributed by atoms with Crippen LogP contribution in [0.3, 0.4) is 0 Å². The van der Waals surface area contributed by atoms with Crippen molar-refractivity contribution in [3.8, 4) is 11.5 Å². The zero-order valence-corrected chi connectivity index (χ0v) is 13.4. The summed E-state index contributed by atoms with van der Waals surface area (Å²) < 4.78 is 16.6. The highest BCUT2D eigenvalue weighted by Gasteiger charge is 2.03. The molecule has 1 aromatic heterocycles. The molecule has 0 amide bonds. The van der Waals surface area contributed by atoms with Crippen molar-refractivity contribution in [2.24, 2.45) is 5.10 Å². The second kappa shape index (κ2) is 7.18. The number of benzene rings is 1. The summed E-state index contributed by atoms with van der Waals surface area (Å²) in [4.78, 5) is 0. The van der Waals surface area contributed by atoms with Gasteiger partial charge in [-0.15, -0.1) is 0 Å². The second-order valence-corrected chi connectivity index (χ2v) is 4.99. The largest absolute Gasteiger partial charge is 0.493 e. The number of hydrogen-bond acceptors (Lipinski definition) is 5. The number of ether oxygens (including phenoxy) is 2. The molecular formula is C14H15IN2O3. The molecule has 0 spiro atoms. The topological polar surface area (TPSA) is 56.0 Å². The Balaban J connectivity index is 1.92. The van der Waals surface area contributed by atoms with E-state index in [1.165, 1.54) is 0 Å². The van der Waals surface area contributed by atoms with Crippen molar-refractivity contribution in [3.63, 3.8) is 0 Å². The summed E-state index contributed by atoms with van der Waals surface area (Å²) in [5, 5.41) is 4.10. The lowest BCUT2D eigenvalue weighted by Crippen LogP contribution is -2.05. The van der Waals surface area contributed by atoms with E-state index in [1.807, 2.05) is 30.3 Å². The van der Waals surface area contributed by atoms with E-state index >= 15 is 0 Å². The van der Waals surface area contributed by atoms with Crippen LogP contribution in [0.15, 0.2) is 39.9 Å². The van der Waals surface area contributed by atoms with Crippen LogP contribution in [0.2, 0.25) is 0 Å². The molecule has 20 heavy (non-hydrogen) atoms. The average molecular weight is 386 g/mol. The van der Waals surface area contributed by atoms with Gasteiger partial charge in [-0.2, -0.15) is 5.10 Å². The van der Waals surface area contributed by atoms with Gasteiger partial charge in [0.1, 0.15) is 5.76 Å². The van der Waals surface area contributed by atoms with Gasteiger partial charge < -0.3 is 19.3 Å². The molecular weight excluding hydrogens is 371 g/mol. The van der Waals surface area contributed by atoms with Crippen LogP contribution in [0.4, 0.5) is 0 Å². The van der Waals surface area contributed by atoms with Crippen LogP contribution in [0.5, 0.6) is 11.5 Å². The Hall–Kier alpha value is -1.70. The van der Waals surface area contributed by atoms with E-state index in [4.69, 9.17) is 13.9 Å². The smallest absolute Gasteiger partial charge is 0.164 e. The highest BCUT2D eigenvalue weighted by Crippen LogP contribution is 2.27. The number of nitrogens with zero attached hydrogens (tertiary/aromatic N) is 1. The standard InChI is InChI=1S/C14H15IN2O3/c1-18-12-5-3-10(7-13(12)19-2)8-16-17-9-11-4-6-14(15)20-11/h3-7,9,16H,8H2,1-2H3/b17-9-. The van der Waals surface area contributed by atoms with Gasteiger partial charge >= 0.3 is 0 Å². The predicted molar refractivity (Wildman–Crippen MR) is 85.4 cm³/mol. The summed E-state index contributed by atoms with van der Waals surface area (Å²) in [7, 11) is 3.23. The molecule has 106 valence electrons. The summed E-state index contributed by atoms with van der Waals surface area (Å²) in [5.41, 5.74) is 4.01. The predicted octanol–water partition coefficient (Wildman–Crippen LogP) is 3.03. The highest BCUT2D eigenvalue weighted by molar-refractivity contribution is 14.1. The number of methoxy groups -OCH3 is 2. The minimum Gasteiger partial charge on any atom is -0.493 e. The number of hydrazone groups is 1. The van der Waals surface area contributed by atoms with Crippen molar-refractivity contribution in [3.05, 3.63) is 45.4 Å². The lowest BCUT2D eigenvalue weighted by molar-refractivity contribution is 0.354. The fourth-order valence-electron chi connectivity index (χ4n) is 1.63. The molecule has 0 aliphatic heterocycles. The Bertz CT molecular complexity index is 596. The summed E-state index contributed by atoms with van der Waals surface area (Å²) in [6.07, 6.45) is 1.64. The van der Waals surface area contributed by atoms with Crippen molar-refractivity contribution in [1.29, 1.82) is 0 Å². The Morgan fingerprint density at radius 1 is 1.20 bits per heavy atom. The lowest BCUT2D eigenvalue weighted by atomic mass is 10.2. The number of nitrogens with one attached hydrogen (secondary N) is 1. The van der Waals surface area contributed by atoms with E-state index in [-0.39, 0.29) is 0 Å². The first-order chi connectivity index (χ1) is 9.72. The summed E-state index contributed by atoms with van der Waals surface area (Å²) >= 11 is 2.11. The van der Waals surface area contributed by atoms with Gasteiger partial charge in [0.15, 0.2) is 15.3 Å². The maximum atomic E-state index is 5.36. The molecule has 0 unspecified atom stereocenters. The zero-order valence-electron chi connectivity index (χ0n) is 11.2. The molecule has 0 aliphatic carbocycles. The quantitative estimate of drug-likeness (QED) is 0.471. The maximum Gasteiger partial charge on any atom is 0.164 e. The fraction of sp³-hybridized carbons (Fsp3) is 0.214. The van der Waals surface area contributed by atoms with Gasteiger partial charge in [0.25, 0.3) is 0 Å². The Labute approximate surface area is 131 Å². The SMILES string of the molecule is COc1ccc(CN/N=C\c2ccc(I)o2)cc1OC. The third kappa shape index (κ3) is 3.89. The summed E-state index contributed by atoms with van der Waals surface area (Å²) in [6, 6.07) is 9.49. The monoisotopic (exact) mass is 386 g/mol. The van der Waals surface area contributed by atoms with Crippen LogP contribution < -0.4 is 14.9 Å². The fourth-order valence-corrected chi connectivity index (χ4v) is 2.07. The first-order valence-corrected chi connectivity index (χ1v) is 7.03. The van der Waals surface area contributed by atoms with Crippen molar-refractivity contribution < 1.29 is 13.9 Å². The highest BCUT2D eigenvalue weighted by atomic mass is 127. The summed E-state index contributed by atoms with van der Waals surface area (Å²) in [5.74, 6) is 2.13. The van der Waals surface area contributed by atoms with Crippen LogP contribution >= 0.6 is 22.6 Å². The Kier molecular flexibility index (Phi) is 5.28. The molecule has 1 aromatic carbocycles. The lowest BCUT2D eigenvalue weighted by Gasteiger charge is -2.09. The van der Waals surface area contributed by atoms with Crippen LogP contribution in [0.25, 0.3) is 0 Å². The summed E-state index contributed by atoms with van der Waals surface area (Å²) in [6.45, 7) is 0.592. The van der Waals surface area contributed by atoms with E-state index < -0.39 is 0 Å². The third-order valence-electron chi connectivity index (χ3n) is 2.61. The molecule has 5 nitrogen and oxygen atoms in total. The van der Waals surface area contributed by atoms with E-state index in [2.05, 4.69) is 33.1 Å². The number of rotatable bonds is 6. The third-order valence-corrected chi connectivity index (χ3v) is 3.19. The van der Waals surface area contributed by atoms with Gasteiger partial charge in [-0.25, -0.2) is 0 Å². The van der Waals surface area contributed by atoms with E-state index in [0.29, 0.717) is 23.8 Å². The molecule has 0 aliphatic rings. The van der Waals surface area contributed by atoms with Gasteiger partial charge in [0, 0.05) is 0 Å². The van der Waals surface area contributed by atoms with Crippen molar-refractivity contribution in [1.82, 2.24) is 5.43 Å². The first kappa shape index (κ1) is 14.7. The second-order valence-electron chi connectivity index (χ2n) is 3.92. The minimum atomic E-state index is 0.592. The van der Waals surface area contributed by atoms with E-state index in [0.717, 1.165) is 9.33 Å². The maximum absolute atomic E-state index is 5.36. The number of furan rings is 1. The molecule has 0 saturated carbocycles. The molecule has 1 N–H and O–H groups in total. The Morgan fingerprint density at radius 3 is 2.65 bits per heavy atom. The van der Waals surface area contributed by atoms with Crippen molar-refractivity contribution in [2.75, 3.05) is 14.2 Å². The molecule has 0 bridgehead atoms. The molecule has 0 radical (unpaired) electrons. The molecule has 1 heterocycles. The first-order valence-electron chi connectivity index (χ1n) is 5.95. The molecule has 0 fully saturated rings. The number of hydrogen-bond donors (Lipinski definition) is 1. The molecule has 0 atom stereocenters. The van der Waals surface area contributed by atoms with Crippen molar-refractivity contribution in [2.45, 2.75) is 6.54 Å². The van der Waals surface area contributed by atoms with E-state index in [1.54, 1.807) is 20.4 Å². The molecule has 2 aromatic rings. The molecule has 0 saturated heterocycles. The minimum absolute atomic E-state index is 0.592. The zero-order chi connectivity index (χ0) is 14.4. The number of halogens is 1. The molecule has 2 rings (SSSR count). The van der Waals surface area contributed by atoms with E-state index in [9.17, 15) is 0 Å². The van der Waals surface area contributed by atoms with Gasteiger partial charge in [-0.3, -0.25) is 0 Å². The van der Waals surface area contributed by atoms with Gasteiger partial charge in [0.2, 0.25) is 0 Å². The van der Waals surface area contributed by atoms with Crippen LogP contribution in [-0.4, -0.2) is 20.4 Å². The van der Waals surface area contributed by atoms with Gasteiger partial charge in [-0.1, -0.05) is 6.07 Å². The van der Waals surface area contributed by atoms with Crippen molar-refractivity contribution >= 4 is 28.8 Å². The normalized spacial score (nSPS) is 10.8. The Morgan fingerprint density at radius 2 is 2.00 bits per heavy atom. The van der Waals surface area contributed by atoms with Crippen LogP contribution in [0, 0.1) is 3.77 Å². The van der Waals surface area contributed by atoms with Crippen LogP contribution in [-0.2, 0) is 6.54 Å². The van der Waals surface area contributed by atoms with Gasteiger partial charge in [0.05, 0.1) is 27.0 Å². The average Bonchev–Trinajstić information content (AvgIpc) is 2.89. The van der Waals surface area contributed by atoms with Crippen LogP contribution in [0.1, 0.15) is 11.3 Å². The van der Waals surface area contributed by atoms with Gasteiger partial charge in [-0.05, 0) is 52.4 Å².